The molecule has 2 aliphatic rings. The van der Waals surface area contributed by atoms with Gasteiger partial charge in [-0.25, -0.2) is 9.97 Å². The van der Waals surface area contributed by atoms with E-state index in [0.29, 0.717) is 0 Å². The Morgan fingerprint density at radius 3 is 2.75 bits per heavy atom. The molecule has 24 heavy (non-hydrogen) atoms. The van der Waals surface area contributed by atoms with Crippen LogP contribution in [0.5, 0.6) is 0 Å². The van der Waals surface area contributed by atoms with Crippen LogP contribution in [0.3, 0.4) is 0 Å². The van der Waals surface area contributed by atoms with Crippen LogP contribution in [-0.4, -0.2) is 32.5 Å². The van der Waals surface area contributed by atoms with Crippen molar-refractivity contribution in [2.75, 3.05) is 0 Å². The molecule has 4 atom stereocenters. The number of fused-ring (bicyclic) bond motifs is 2. The van der Waals surface area contributed by atoms with E-state index in [0.717, 1.165) is 28.7 Å². The van der Waals surface area contributed by atoms with Crippen LogP contribution in [0.2, 0.25) is 0 Å². The lowest BCUT2D eigenvalue weighted by molar-refractivity contribution is -0.164. The normalized spacial score (nSPS) is 34.6. The Balaban J connectivity index is 1.83. The molecule has 5 nitrogen and oxygen atoms in total. The van der Waals surface area contributed by atoms with E-state index in [-0.39, 0.29) is 23.7 Å². The van der Waals surface area contributed by atoms with Crippen molar-refractivity contribution in [2.45, 2.75) is 65.1 Å². The summed E-state index contributed by atoms with van der Waals surface area (Å²) in [6.45, 7) is 14.6. The van der Waals surface area contributed by atoms with Gasteiger partial charge < -0.3 is 14.0 Å². The molecule has 0 spiro atoms. The second-order valence-corrected chi connectivity index (χ2v) is 7.91. The summed E-state index contributed by atoms with van der Waals surface area (Å²) >= 11 is 0. The molecule has 1 aliphatic heterocycles. The number of rotatable bonds is 2. The number of nitrogens with zero attached hydrogens (tertiary/aromatic N) is 3. The molecule has 0 radical (unpaired) electrons. The van der Waals surface area contributed by atoms with E-state index >= 15 is 0 Å². The zero-order valence-electron chi connectivity index (χ0n) is 15.0. The smallest absolute Gasteiger partial charge is 0.163 e. The number of aryl methyl sites for hydroxylation is 1. The summed E-state index contributed by atoms with van der Waals surface area (Å²) in [6.07, 6.45) is 4.67. The minimum atomic E-state index is -0.571. The molecule has 128 valence electrons. The van der Waals surface area contributed by atoms with E-state index in [1.165, 1.54) is 0 Å². The highest BCUT2D eigenvalue weighted by atomic mass is 16.8. The monoisotopic (exact) mass is 327 g/mol. The summed E-state index contributed by atoms with van der Waals surface area (Å²) < 4.78 is 14.8. The fourth-order valence-corrected chi connectivity index (χ4v) is 4.27. The van der Waals surface area contributed by atoms with Crippen LogP contribution in [-0.2, 0) is 9.47 Å². The highest BCUT2D eigenvalue weighted by Crippen LogP contribution is 2.56. The molecule has 0 unspecified atom stereocenters. The maximum Gasteiger partial charge on any atom is 0.163 e. The van der Waals surface area contributed by atoms with E-state index in [4.69, 9.17) is 9.47 Å². The van der Waals surface area contributed by atoms with Gasteiger partial charge in [0.25, 0.3) is 0 Å². The van der Waals surface area contributed by atoms with Gasteiger partial charge in [-0.1, -0.05) is 19.1 Å². The Kier molecular flexibility index (Phi) is 3.22. The first kappa shape index (κ1) is 15.8. The molecule has 0 N–H and O–H groups in total. The van der Waals surface area contributed by atoms with Gasteiger partial charge in [0, 0.05) is 17.0 Å². The lowest BCUT2D eigenvalue weighted by Crippen LogP contribution is -2.34. The van der Waals surface area contributed by atoms with Crippen molar-refractivity contribution in [3.63, 3.8) is 0 Å². The fraction of sp³-hybridized carbons (Fsp3) is 0.579. The summed E-state index contributed by atoms with van der Waals surface area (Å²) in [6, 6.07) is 2.27. The Bertz CT molecular complexity index is 825. The van der Waals surface area contributed by atoms with Gasteiger partial charge in [0.2, 0.25) is 0 Å². The third-order valence-electron chi connectivity index (χ3n) is 5.81. The van der Waals surface area contributed by atoms with Gasteiger partial charge in [-0.2, -0.15) is 0 Å². The van der Waals surface area contributed by atoms with Gasteiger partial charge in [-0.3, -0.25) is 0 Å². The summed E-state index contributed by atoms with van der Waals surface area (Å²) in [4.78, 5) is 8.82. The molecule has 2 fully saturated rings. The van der Waals surface area contributed by atoms with E-state index in [1.54, 1.807) is 6.33 Å². The number of ether oxygens (including phenoxy) is 2. The highest BCUT2D eigenvalue weighted by molar-refractivity contribution is 5.78. The average Bonchev–Trinajstić information content (AvgIpc) is 3.12. The summed E-state index contributed by atoms with van der Waals surface area (Å²) in [5.74, 6) is -0.571. The van der Waals surface area contributed by atoms with Crippen molar-refractivity contribution in [1.29, 1.82) is 0 Å². The fourth-order valence-electron chi connectivity index (χ4n) is 4.27. The first-order valence-corrected chi connectivity index (χ1v) is 8.53. The van der Waals surface area contributed by atoms with Crippen LogP contribution in [0.4, 0.5) is 0 Å². The number of aromatic nitrogens is 3. The van der Waals surface area contributed by atoms with Crippen LogP contribution in [0.1, 0.15) is 45.9 Å². The van der Waals surface area contributed by atoms with Crippen LogP contribution in [0, 0.1) is 12.3 Å². The maximum absolute atomic E-state index is 6.31. The van der Waals surface area contributed by atoms with Crippen molar-refractivity contribution in [1.82, 2.24) is 14.5 Å². The van der Waals surface area contributed by atoms with Crippen molar-refractivity contribution in [2.24, 2.45) is 5.41 Å². The maximum atomic E-state index is 6.31. The Hall–Kier alpha value is -1.72. The second kappa shape index (κ2) is 4.90. The zero-order chi connectivity index (χ0) is 17.3. The molecule has 4 rings (SSSR count). The lowest BCUT2D eigenvalue weighted by Gasteiger charge is -2.32. The van der Waals surface area contributed by atoms with E-state index in [9.17, 15) is 0 Å². The summed E-state index contributed by atoms with van der Waals surface area (Å²) in [5.41, 5.74) is 3.00. The number of hydrogen-bond acceptors (Lipinski definition) is 4. The van der Waals surface area contributed by atoms with Gasteiger partial charge in [0.15, 0.2) is 5.79 Å². The van der Waals surface area contributed by atoms with E-state index in [2.05, 4.69) is 47.2 Å². The van der Waals surface area contributed by atoms with Crippen molar-refractivity contribution in [3.8, 4) is 0 Å². The molecule has 0 amide bonds. The highest BCUT2D eigenvalue weighted by Gasteiger charge is 2.60. The van der Waals surface area contributed by atoms with E-state index < -0.39 is 5.79 Å². The average molecular weight is 327 g/mol. The van der Waals surface area contributed by atoms with Crippen LogP contribution < -0.4 is 0 Å². The molecule has 1 saturated carbocycles. The first-order chi connectivity index (χ1) is 11.2. The van der Waals surface area contributed by atoms with Gasteiger partial charge >= 0.3 is 0 Å². The SMILES string of the molecule is C=C(C)[C@]1(C)C[C@@H](n2ccc3c(C)ncnc32)[C@@H]2OC(C)(C)O[C@@H]21. The largest absolute Gasteiger partial charge is 0.344 e. The predicted molar refractivity (Wildman–Crippen MR) is 92.7 cm³/mol. The van der Waals surface area contributed by atoms with Gasteiger partial charge in [-0.05, 0) is 40.2 Å². The molecular formula is C19H25N3O2. The molecule has 2 aromatic heterocycles. The third-order valence-corrected chi connectivity index (χ3v) is 5.81. The van der Waals surface area contributed by atoms with Crippen molar-refractivity contribution in [3.05, 3.63) is 36.4 Å². The Morgan fingerprint density at radius 2 is 2.04 bits per heavy atom. The molecule has 0 bridgehead atoms. The van der Waals surface area contributed by atoms with Crippen LogP contribution >= 0.6 is 0 Å². The van der Waals surface area contributed by atoms with Gasteiger partial charge in [-0.15, -0.1) is 0 Å². The molecule has 5 heteroatoms. The van der Waals surface area contributed by atoms with Gasteiger partial charge in [0.1, 0.15) is 18.1 Å². The van der Waals surface area contributed by atoms with E-state index in [1.807, 2.05) is 20.8 Å². The van der Waals surface area contributed by atoms with Crippen molar-refractivity contribution >= 4 is 11.0 Å². The third kappa shape index (κ3) is 2.07. The van der Waals surface area contributed by atoms with Gasteiger partial charge in [0.05, 0.1) is 17.8 Å². The minimum absolute atomic E-state index is 0.00688. The van der Waals surface area contributed by atoms with Crippen LogP contribution in [0.25, 0.3) is 11.0 Å². The standard InChI is InChI=1S/C19H25N3O2/c1-11(2)19(6)9-14(15-16(19)24-18(4,5)23-15)22-8-7-13-12(3)20-10-21-17(13)22/h7-8,10,14-16H,1,9H2,2-6H3/t14-,15+,16+,19+/m1/s1. The molecule has 3 heterocycles. The summed E-state index contributed by atoms with van der Waals surface area (Å²) in [5, 5.41) is 1.09. The molecule has 1 aliphatic carbocycles. The summed E-state index contributed by atoms with van der Waals surface area (Å²) in [7, 11) is 0. The topological polar surface area (TPSA) is 49.2 Å². The second-order valence-electron chi connectivity index (χ2n) is 7.91. The predicted octanol–water partition coefficient (Wildman–Crippen LogP) is 3.79. The molecule has 2 aromatic rings. The quantitative estimate of drug-likeness (QED) is 0.788. The molecule has 0 aromatic carbocycles. The zero-order valence-corrected chi connectivity index (χ0v) is 15.0. The van der Waals surface area contributed by atoms with Crippen molar-refractivity contribution < 1.29 is 9.47 Å². The lowest BCUT2D eigenvalue weighted by atomic mass is 9.80. The molecular weight excluding hydrogens is 302 g/mol. The minimum Gasteiger partial charge on any atom is -0.344 e. The van der Waals surface area contributed by atoms with Crippen LogP contribution in [0.15, 0.2) is 30.7 Å². The molecule has 1 saturated heterocycles. The number of hydrogen-bond donors (Lipinski definition) is 0. The first-order valence-electron chi connectivity index (χ1n) is 8.53. The Morgan fingerprint density at radius 1 is 1.29 bits per heavy atom. The Labute approximate surface area is 142 Å².